The van der Waals surface area contributed by atoms with E-state index in [0.29, 0.717) is 12.0 Å². The van der Waals surface area contributed by atoms with Gasteiger partial charge < -0.3 is 15.5 Å². The van der Waals surface area contributed by atoms with Gasteiger partial charge in [0.25, 0.3) is 0 Å². The van der Waals surface area contributed by atoms with Gasteiger partial charge in [0, 0.05) is 17.8 Å². The normalized spacial score (nSPS) is 14.0. The standard InChI is InChI=1S/C14H21NO3/c1-4-14(3,7-8-16)15-11-5-6-12(13(17)18)10(2)9-11/h5-6,9,15-16H,4,7-8H2,1-3H3,(H,17,18). The van der Waals surface area contributed by atoms with E-state index in [9.17, 15) is 4.79 Å². The molecule has 0 bridgehead atoms. The van der Waals surface area contributed by atoms with Gasteiger partial charge in [0.1, 0.15) is 0 Å². The van der Waals surface area contributed by atoms with E-state index in [0.717, 1.165) is 17.7 Å². The number of aryl methyl sites for hydroxylation is 1. The molecular weight excluding hydrogens is 230 g/mol. The van der Waals surface area contributed by atoms with E-state index < -0.39 is 5.97 Å². The van der Waals surface area contributed by atoms with E-state index in [1.54, 1.807) is 19.1 Å². The highest BCUT2D eigenvalue weighted by Crippen LogP contribution is 2.23. The molecule has 4 heteroatoms. The van der Waals surface area contributed by atoms with Crippen molar-refractivity contribution in [3.63, 3.8) is 0 Å². The van der Waals surface area contributed by atoms with Crippen LogP contribution in [-0.2, 0) is 0 Å². The molecule has 0 aromatic heterocycles. The monoisotopic (exact) mass is 251 g/mol. The molecule has 1 rings (SSSR count). The van der Waals surface area contributed by atoms with Gasteiger partial charge in [0.05, 0.1) is 5.56 Å². The fourth-order valence-electron chi connectivity index (χ4n) is 1.90. The second-order valence-corrected chi connectivity index (χ2v) is 4.85. The van der Waals surface area contributed by atoms with Gasteiger partial charge in [-0.1, -0.05) is 6.92 Å². The van der Waals surface area contributed by atoms with Crippen molar-refractivity contribution in [2.75, 3.05) is 11.9 Å². The van der Waals surface area contributed by atoms with Crippen molar-refractivity contribution in [3.8, 4) is 0 Å². The van der Waals surface area contributed by atoms with Crippen molar-refractivity contribution in [3.05, 3.63) is 29.3 Å². The van der Waals surface area contributed by atoms with E-state index in [4.69, 9.17) is 10.2 Å². The van der Waals surface area contributed by atoms with Crippen LogP contribution in [0.1, 0.15) is 42.6 Å². The first kappa shape index (κ1) is 14.5. The Kier molecular flexibility index (Phi) is 4.73. The number of aliphatic hydroxyl groups is 1. The summed E-state index contributed by atoms with van der Waals surface area (Å²) in [4.78, 5) is 10.9. The van der Waals surface area contributed by atoms with Crippen LogP contribution in [0.4, 0.5) is 5.69 Å². The second kappa shape index (κ2) is 5.87. The zero-order chi connectivity index (χ0) is 13.8. The summed E-state index contributed by atoms with van der Waals surface area (Å²) in [5, 5.41) is 21.4. The van der Waals surface area contributed by atoms with Gasteiger partial charge in [0.15, 0.2) is 0 Å². The molecule has 0 amide bonds. The van der Waals surface area contributed by atoms with Crippen LogP contribution < -0.4 is 5.32 Å². The van der Waals surface area contributed by atoms with Gasteiger partial charge in [-0.2, -0.15) is 0 Å². The molecule has 0 aliphatic carbocycles. The number of carbonyl (C=O) groups is 1. The Bertz CT molecular complexity index is 431. The zero-order valence-electron chi connectivity index (χ0n) is 11.2. The summed E-state index contributed by atoms with van der Waals surface area (Å²) in [7, 11) is 0. The fraction of sp³-hybridized carbons (Fsp3) is 0.500. The van der Waals surface area contributed by atoms with Crippen molar-refractivity contribution < 1.29 is 15.0 Å². The predicted molar refractivity (Wildman–Crippen MR) is 72.2 cm³/mol. The maximum absolute atomic E-state index is 10.9. The summed E-state index contributed by atoms with van der Waals surface area (Å²) in [6.45, 7) is 6.01. The molecule has 0 fully saturated rings. The van der Waals surface area contributed by atoms with E-state index in [2.05, 4.69) is 12.2 Å². The molecule has 0 aliphatic heterocycles. The molecule has 0 aliphatic rings. The van der Waals surface area contributed by atoms with Crippen LogP contribution >= 0.6 is 0 Å². The smallest absolute Gasteiger partial charge is 0.335 e. The lowest BCUT2D eigenvalue weighted by molar-refractivity contribution is 0.0696. The minimum absolute atomic E-state index is 0.129. The molecule has 1 unspecified atom stereocenters. The predicted octanol–water partition coefficient (Wildman–Crippen LogP) is 2.66. The Balaban J connectivity index is 2.92. The van der Waals surface area contributed by atoms with Crippen LogP contribution in [0, 0.1) is 6.92 Å². The van der Waals surface area contributed by atoms with Crippen LogP contribution in [0.5, 0.6) is 0 Å². The van der Waals surface area contributed by atoms with Crippen molar-refractivity contribution >= 4 is 11.7 Å². The average Bonchev–Trinajstić information content (AvgIpc) is 2.28. The highest BCUT2D eigenvalue weighted by atomic mass is 16.4. The number of nitrogens with one attached hydrogen (secondary N) is 1. The lowest BCUT2D eigenvalue weighted by atomic mass is 9.94. The number of aliphatic hydroxyl groups excluding tert-OH is 1. The Morgan fingerprint density at radius 3 is 2.56 bits per heavy atom. The number of anilines is 1. The molecular formula is C14H21NO3. The summed E-state index contributed by atoms with van der Waals surface area (Å²) in [6.07, 6.45) is 1.54. The third kappa shape index (κ3) is 3.47. The highest BCUT2D eigenvalue weighted by molar-refractivity contribution is 5.89. The quantitative estimate of drug-likeness (QED) is 0.727. The first-order chi connectivity index (χ1) is 8.41. The molecule has 3 N–H and O–H groups in total. The van der Waals surface area contributed by atoms with Crippen LogP contribution in [0.25, 0.3) is 0 Å². The van der Waals surface area contributed by atoms with Gasteiger partial charge in [-0.15, -0.1) is 0 Å². The van der Waals surface area contributed by atoms with Crippen molar-refractivity contribution in [2.24, 2.45) is 0 Å². The van der Waals surface area contributed by atoms with Crippen LogP contribution in [-0.4, -0.2) is 28.3 Å². The maximum atomic E-state index is 10.9. The molecule has 0 spiro atoms. The molecule has 0 saturated carbocycles. The summed E-state index contributed by atoms with van der Waals surface area (Å²) in [6, 6.07) is 5.20. The lowest BCUT2D eigenvalue weighted by Gasteiger charge is -2.30. The third-order valence-corrected chi connectivity index (χ3v) is 3.35. The van der Waals surface area contributed by atoms with Crippen molar-refractivity contribution in [1.29, 1.82) is 0 Å². The van der Waals surface area contributed by atoms with E-state index >= 15 is 0 Å². The molecule has 0 heterocycles. The number of rotatable bonds is 6. The molecule has 1 aromatic rings. The number of hydrogen-bond donors (Lipinski definition) is 3. The minimum Gasteiger partial charge on any atom is -0.478 e. The van der Waals surface area contributed by atoms with E-state index in [1.165, 1.54) is 0 Å². The molecule has 1 atom stereocenters. The topological polar surface area (TPSA) is 69.6 Å². The van der Waals surface area contributed by atoms with Gasteiger partial charge in [0.2, 0.25) is 0 Å². The number of carboxylic acid groups (broad SMARTS) is 1. The molecule has 0 saturated heterocycles. The van der Waals surface area contributed by atoms with Crippen LogP contribution in [0.3, 0.4) is 0 Å². The first-order valence-electron chi connectivity index (χ1n) is 6.15. The maximum Gasteiger partial charge on any atom is 0.335 e. The summed E-state index contributed by atoms with van der Waals surface area (Å²) < 4.78 is 0. The molecule has 4 nitrogen and oxygen atoms in total. The zero-order valence-corrected chi connectivity index (χ0v) is 11.2. The Morgan fingerprint density at radius 2 is 2.11 bits per heavy atom. The molecule has 18 heavy (non-hydrogen) atoms. The second-order valence-electron chi connectivity index (χ2n) is 4.85. The molecule has 100 valence electrons. The van der Waals surface area contributed by atoms with Gasteiger partial charge in [-0.05, 0) is 50.5 Å². The Labute approximate surface area is 108 Å². The van der Waals surface area contributed by atoms with Crippen LogP contribution in [0.15, 0.2) is 18.2 Å². The third-order valence-electron chi connectivity index (χ3n) is 3.35. The lowest BCUT2D eigenvalue weighted by Crippen LogP contribution is -2.35. The van der Waals surface area contributed by atoms with Crippen LogP contribution in [0.2, 0.25) is 0 Å². The average molecular weight is 251 g/mol. The Morgan fingerprint density at radius 1 is 1.44 bits per heavy atom. The molecule has 0 radical (unpaired) electrons. The number of benzene rings is 1. The largest absolute Gasteiger partial charge is 0.478 e. The van der Waals surface area contributed by atoms with Crippen molar-refractivity contribution in [1.82, 2.24) is 0 Å². The first-order valence-corrected chi connectivity index (χ1v) is 6.15. The van der Waals surface area contributed by atoms with Gasteiger partial charge >= 0.3 is 5.97 Å². The summed E-state index contributed by atoms with van der Waals surface area (Å²) >= 11 is 0. The van der Waals surface area contributed by atoms with Gasteiger partial charge in [-0.25, -0.2) is 4.79 Å². The van der Waals surface area contributed by atoms with E-state index in [1.807, 2.05) is 13.0 Å². The SMILES string of the molecule is CCC(C)(CCO)Nc1ccc(C(=O)O)c(C)c1. The van der Waals surface area contributed by atoms with Gasteiger partial charge in [-0.3, -0.25) is 0 Å². The number of hydrogen-bond acceptors (Lipinski definition) is 3. The number of carboxylic acids is 1. The number of aromatic carboxylic acids is 1. The fourth-order valence-corrected chi connectivity index (χ4v) is 1.90. The van der Waals surface area contributed by atoms with E-state index in [-0.39, 0.29) is 12.1 Å². The molecule has 1 aromatic carbocycles. The minimum atomic E-state index is -0.910. The highest BCUT2D eigenvalue weighted by Gasteiger charge is 2.21. The summed E-state index contributed by atoms with van der Waals surface area (Å²) in [5.41, 5.74) is 1.76. The Hall–Kier alpha value is -1.55. The van der Waals surface area contributed by atoms with Crippen molar-refractivity contribution in [2.45, 2.75) is 39.2 Å². The summed E-state index contributed by atoms with van der Waals surface area (Å²) in [5.74, 6) is -0.910.